The summed E-state index contributed by atoms with van der Waals surface area (Å²) in [5.74, 6) is -0.640. The minimum Gasteiger partial charge on any atom is -0.480 e. The van der Waals surface area contributed by atoms with Gasteiger partial charge in [-0.05, 0) is 24.8 Å². The molecule has 1 aliphatic heterocycles. The number of carboxylic acids is 1. The van der Waals surface area contributed by atoms with Crippen molar-refractivity contribution in [2.45, 2.75) is 33.1 Å². The van der Waals surface area contributed by atoms with E-state index in [2.05, 4.69) is 13.8 Å². The first kappa shape index (κ1) is 16.9. The first-order valence-electron chi connectivity index (χ1n) is 7.26. The summed E-state index contributed by atoms with van der Waals surface area (Å²) >= 11 is 0. The highest BCUT2D eigenvalue weighted by atomic mass is 16.4. The van der Waals surface area contributed by atoms with Gasteiger partial charge < -0.3 is 15.7 Å². The zero-order valence-electron chi connectivity index (χ0n) is 12.6. The quantitative estimate of drug-likeness (QED) is 0.706. The molecule has 6 heteroatoms. The Morgan fingerprint density at radius 1 is 1.15 bits per heavy atom. The van der Waals surface area contributed by atoms with E-state index in [1.54, 1.807) is 0 Å². The molecule has 0 atom stereocenters. The van der Waals surface area contributed by atoms with Crippen LogP contribution >= 0.6 is 0 Å². The second-order valence-corrected chi connectivity index (χ2v) is 6.25. The zero-order chi connectivity index (χ0) is 15.2. The number of amides is 1. The zero-order valence-corrected chi connectivity index (χ0v) is 12.6. The van der Waals surface area contributed by atoms with Crippen LogP contribution in [0.1, 0.15) is 33.1 Å². The summed E-state index contributed by atoms with van der Waals surface area (Å²) in [7, 11) is 0. The Hall–Kier alpha value is -1.14. The predicted molar refractivity (Wildman–Crippen MR) is 77.3 cm³/mol. The van der Waals surface area contributed by atoms with E-state index < -0.39 is 5.97 Å². The molecular formula is C14H27N3O3. The molecule has 1 rings (SSSR count). The number of hydrogen-bond acceptors (Lipinski definition) is 4. The van der Waals surface area contributed by atoms with Crippen LogP contribution in [0.5, 0.6) is 0 Å². The second kappa shape index (κ2) is 7.59. The molecule has 1 saturated heterocycles. The Morgan fingerprint density at radius 3 is 2.25 bits per heavy atom. The van der Waals surface area contributed by atoms with Gasteiger partial charge >= 0.3 is 5.97 Å². The minimum absolute atomic E-state index is 0.0611. The Labute approximate surface area is 120 Å². The molecule has 0 saturated carbocycles. The molecule has 3 N–H and O–H groups in total. The topological polar surface area (TPSA) is 86.9 Å². The SMILES string of the molecule is CC(C)(CCN)CCC(=O)N1CCN(CC(=O)O)CC1. The van der Waals surface area contributed by atoms with Gasteiger partial charge in [0, 0.05) is 32.6 Å². The smallest absolute Gasteiger partial charge is 0.317 e. The van der Waals surface area contributed by atoms with Crippen molar-refractivity contribution in [3.8, 4) is 0 Å². The number of hydrogen-bond donors (Lipinski definition) is 2. The van der Waals surface area contributed by atoms with Gasteiger partial charge in [-0.3, -0.25) is 14.5 Å². The summed E-state index contributed by atoms with van der Waals surface area (Å²) in [6.07, 6.45) is 2.32. The Bertz CT molecular complexity index is 337. The molecule has 0 radical (unpaired) electrons. The number of carbonyl (C=O) groups is 2. The van der Waals surface area contributed by atoms with Crippen molar-refractivity contribution in [2.24, 2.45) is 11.1 Å². The fraction of sp³-hybridized carbons (Fsp3) is 0.857. The van der Waals surface area contributed by atoms with Crippen molar-refractivity contribution in [3.63, 3.8) is 0 Å². The molecule has 1 fully saturated rings. The first-order chi connectivity index (χ1) is 9.34. The summed E-state index contributed by atoms with van der Waals surface area (Å²) in [4.78, 5) is 26.5. The van der Waals surface area contributed by atoms with Crippen molar-refractivity contribution in [2.75, 3.05) is 39.3 Å². The number of nitrogens with zero attached hydrogens (tertiary/aromatic N) is 2. The van der Waals surface area contributed by atoms with Gasteiger partial charge in [-0.1, -0.05) is 13.8 Å². The highest BCUT2D eigenvalue weighted by Crippen LogP contribution is 2.26. The summed E-state index contributed by atoms with van der Waals surface area (Å²) in [5.41, 5.74) is 5.68. The van der Waals surface area contributed by atoms with E-state index in [-0.39, 0.29) is 17.9 Å². The lowest BCUT2D eigenvalue weighted by Gasteiger charge is -2.34. The van der Waals surface area contributed by atoms with Gasteiger partial charge in [-0.25, -0.2) is 0 Å². The lowest BCUT2D eigenvalue weighted by atomic mass is 9.84. The third kappa shape index (κ3) is 5.88. The summed E-state index contributed by atoms with van der Waals surface area (Å²) in [5, 5.41) is 8.73. The van der Waals surface area contributed by atoms with E-state index in [9.17, 15) is 9.59 Å². The van der Waals surface area contributed by atoms with E-state index in [1.165, 1.54) is 0 Å². The normalized spacial score (nSPS) is 17.2. The fourth-order valence-electron chi connectivity index (χ4n) is 2.47. The van der Waals surface area contributed by atoms with Gasteiger partial charge in [0.2, 0.25) is 5.91 Å². The average Bonchev–Trinajstić information content (AvgIpc) is 2.36. The van der Waals surface area contributed by atoms with Crippen LogP contribution in [0.2, 0.25) is 0 Å². The van der Waals surface area contributed by atoms with Crippen LogP contribution in [0.25, 0.3) is 0 Å². The average molecular weight is 285 g/mol. The van der Waals surface area contributed by atoms with Gasteiger partial charge in [-0.15, -0.1) is 0 Å². The maximum absolute atomic E-state index is 12.1. The van der Waals surface area contributed by atoms with E-state index in [0.717, 1.165) is 12.8 Å². The van der Waals surface area contributed by atoms with Crippen molar-refractivity contribution < 1.29 is 14.7 Å². The lowest BCUT2D eigenvalue weighted by Crippen LogP contribution is -2.50. The van der Waals surface area contributed by atoms with E-state index >= 15 is 0 Å². The lowest BCUT2D eigenvalue weighted by molar-refractivity contribution is -0.139. The molecule has 0 bridgehead atoms. The molecule has 1 amide bonds. The number of nitrogens with two attached hydrogens (primary N) is 1. The van der Waals surface area contributed by atoms with Crippen molar-refractivity contribution in [1.29, 1.82) is 0 Å². The number of piperazine rings is 1. The largest absolute Gasteiger partial charge is 0.480 e. The third-order valence-corrected chi connectivity index (χ3v) is 3.92. The molecule has 1 heterocycles. The van der Waals surface area contributed by atoms with E-state index in [1.807, 2.05) is 9.80 Å². The third-order valence-electron chi connectivity index (χ3n) is 3.92. The molecule has 0 aliphatic carbocycles. The van der Waals surface area contributed by atoms with Crippen molar-refractivity contribution in [1.82, 2.24) is 9.80 Å². The number of aliphatic carboxylic acids is 1. The van der Waals surface area contributed by atoms with Gasteiger partial charge in [0.25, 0.3) is 0 Å². The van der Waals surface area contributed by atoms with Crippen molar-refractivity contribution in [3.05, 3.63) is 0 Å². The van der Waals surface area contributed by atoms with Crippen LogP contribution in [0.4, 0.5) is 0 Å². The van der Waals surface area contributed by atoms with Crippen LogP contribution in [0, 0.1) is 5.41 Å². The highest BCUT2D eigenvalue weighted by molar-refractivity contribution is 5.76. The summed E-state index contributed by atoms with van der Waals surface area (Å²) in [6.45, 7) is 7.53. The molecule has 116 valence electrons. The predicted octanol–water partition coefficient (Wildman–Crippen LogP) is 0.370. The van der Waals surface area contributed by atoms with Gasteiger partial charge in [0.05, 0.1) is 6.54 Å². The van der Waals surface area contributed by atoms with Gasteiger partial charge in [0.1, 0.15) is 0 Å². The Kier molecular flexibility index (Phi) is 6.42. The number of carbonyl (C=O) groups excluding carboxylic acids is 1. The van der Waals surface area contributed by atoms with Gasteiger partial charge in [-0.2, -0.15) is 0 Å². The van der Waals surface area contributed by atoms with Crippen LogP contribution in [0.3, 0.4) is 0 Å². The number of carboxylic acid groups (broad SMARTS) is 1. The maximum atomic E-state index is 12.1. The molecule has 0 aromatic carbocycles. The van der Waals surface area contributed by atoms with Crippen molar-refractivity contribution >= 4 is 11.9 Å². The molecular weight excluding hydrogens is 258 g/mol. The standard InChI is InChI=1S/C14H27N3O3/c1-14(2,5-6-15)4-3-12(18)17-9-7-16(8-10-17)11-13(19)20/h3-11,15H2,1-2H3,(H,19,20). The molecule has 20 heavy (non-hydrogen) atoms. The summed E-state index contributed by atoms with van der Waals surface area (Å²) < 4.78 is 0. The molecule has 0 spiro atoms. The first-order valence-corrected chi connectivity index (χ1v) is 7.26. The molecule has 0 aromatic heterocycles. The van der Waals surface area contributed by atoms with Crippen LogP contribution in [0.15, 0.2) is 0 Å². The maximum Gasteiger partial charge on any atom is 0.317 e. The Balaban J connectivity index is 2.30. The monoisotopic (exact) mass is 285 g/mol. The Morgan fingerprint density at radius 2 is 1.75 bits per heavy atom. The summed E-state index contributed by atoms with van der Waals surface area (Å²) in [6, 6.07) is 0. The molecule has 0 unspecified atom stereocenters. The molecule has 0 aromatic rings. The molecule has 1 aliphatic rings. The van der Waals surface area contributed by atoms with Gasteiger partial charge in [0.15, 0.2) is 0 Å². The second-order valence-electron chi connectivity index (χ2n) is 6.25. The molecule has 6 nitrogen and oxygen atoms in total. The van der Waals surface area contributed by atoms with Crippen LogP contribution in [-0.2, 0) is 9.59 Å². The van der Waals surface area contributed by atoms with Crippen LogP contribution in [-0.4, -0.2) is 66.1 Å². The minimum atomic E-state index is -0.812. The number of rotatable bonds is 7. The van der Waals surface area contributed by atoms with E-state index in [4.69, 9.17) is 10.8 Å². The van der Waals surface area contributed by atoms with Crippen LogP contribution < -0.4 is 5.73 Å². The highest BCUT2D eigenvalue weighted by Gasteiger charge is 2.24. The fourth-order valence-corrected chi connectivity index (χ4v) is 2.47. The van der Waals surface area contributed by atoms with E-state index in [0.29, 0.717) is 39.1 Å².